The maximum atomic E-state index is 12.0. The zero-order valence-electron chi connectivity index (χ0n) is 11.8. The fourth-order valence-electron chi connectivity index (χ4n) is 2.32. The largest absolute Gasteiger partial charge is 0.454 e. The molecule has 6 heteroatoms. The van der Waals surface area contributed by atoms with Gasteiger partial charge in [0, 0.05) is 0 Å². The molecule has 0 unspecified atom stereocenters. The first-order valence-electron chi connectivity index (χ1n) is 6.88. The van der Waals surface area contributed by atoms with Crippen LogP contribution in [-0.4, -0.2) is 18.7 Å². The summed E-state index contributed by atoms with van der Waals surface area (Å²) >= 11 is 6.10. The lowest BCUT2D eigenvalue weighted by molar-refractivity contribution is -0.129. The van der Waals surface area contributed by atoms with Crippen LogP contribution in [0.5, 0.6) is 11.5 Å². The van der Waals surface area contributed by atoms with E-state index in [-0.39, 0.29) is 18.4 Å². The van der Waals surface area contributed by atoms with E-state index in [1.165, 1.54) is 0 Å². The van der Waals surface area contributed by atoms with Crippen LogP contribution in [0.3, 0.4) is 0 Å². The summed E-state index contributed by atoms with van der Waals surface area (Å²) in [6.07, 6.45) is 1.63. The third-order valence-corrected chi connectivity index (χ3v) is 3.75. The molecule has 0 amide bonds. The Morgan fingerprint density at radius 3 is 2.78 bits per heavy atom. The molecule has 2 aliphatic rings. The molecule has 0 fully saturated rings. The Kier molecular flexibility index (Phi) is 3.28. The van der Waals surface area contributed by atoms with Crippen molar-refractivity contribution in [2.75, 3.05) is 6.79 Å². The van der Waals surface area contributed by atoms with Crippen LogP contribution in [0.15, 0.2) is 53.2 Å². The number of aliphatic imine (C=N–C) groups is 1. The van der Waals surface area contributed by atoms with Crippen molar-refractivity contribution in [2.45, 2.75) is 0 Å². The predicted molar refractivity (Wildman–Crippen MR) is 84.6 cm³/mol. The van der Waals surface area contributed by atoms with Crippen molar-refractivity contribution in [3.8, 4) is 11.5 Å². The maximum absolute atomic E-state index is 12.0. The Labute approximate surface area is 136 Å². The van der Waals surface area contributed by atoms with E-state index >= 15 is 0 Å². The molecular weight excluding hydrogens is 318 g/mol. The first-order chi connectivity index (χ1) is 11.2. The Morgan fingerprint density at radius 1 is 1.09 bits per heavy atom. The van der Waals surface area contributed by atoms with E-state index in [2.05, 4.69) is 4.99 Å². The van der Waals surface area contributed by atoms with Gasteiger partial charge >= 0.3 is 5.97 Å². The summed E-state index contributed by atoms with van der Waals surface area (Å²) in [4.78, 5) is 16.2. The van der Waals surface area contributed by atoms with E-state index in [1.54, 1.807) is 42.5 Å². The maximum Gasteiger partial charge on any atom is 0.363 e. The molecule has 2 heterocycles. The number of rotatable bonds is 2. The van der Waals surface area contributed by atoms with Gasteiger partial charge in [-0.2, -0.15) is 0 Å². The fraction of sp³-hybridized carbons (Fsp3) is 0.0588. The molecule has 0 radical (unpaired) electrons. The van der Waals surface area contributed by atoms with Gasteiger partial charge in [-0.05, 0) is 35.9 Å². The second-order valence-corrected chi connectivity index (χ2v) is 5.34. The first-order valence-corrected chi connectivity index (χ1v) is 7.25. The summed E-state index contributed by atoms with van der Waals surface area (Å²) in [5, 5.41) is 0.475. The average Bonchev–Trinajstić information content (AvgIpc) is 3.14. The summed E-state index contributed by atoms with van der Waals surface area (Å²) in [6.45, 7) is 0.201. The van der Waals surface area contributed by atoms with Crippen molar-refractivity contribution < 1.29 is 19.0 Å². The Morgan fingerprint density at radius 2 is 1.91 bits per heavy atom. The average molecular weight is 328 g/mol. The van der Waals surface area contributed by atoms with Gasteiger partial charge in [0.25, 0.3) is 0 Å². The zero-order chi connectivity index (χ0) is 15.8. The number of cyclic esters (lactones) is 1. The molecule has 114 valence electrons. The van der Waals surface area contributed by atoms with E-state index in [4.69, 9.17) is 25.8 Å². The summed E-state index contributed by atoms with van der Waals surface area (Å²) in [7, 11) is 0. The van der Waals surface area contributed by atoms with Gasteiger partial charge in [0.15, 0.2) is 17.2 Å². The minimum absolute atomic E-state index is 0.201. The van der Waals surface area contributed by atoms with Gasteiger partial charge in [-0.1, -0.05) is 29.8 Å². The second-order valence-electron chi connectivity index (χ2n) is 4.93. The molecule has 5 nitrogen and oxygen atoms in total. The first kappa shape index (κ1) is 13.8. The van der Waals surface area contributed by atoms with Gasteiger partial charge in [0.2, 0.25) is 12.7 Å². The topological polar surface area (TPSA) is 57.1 Å². The summed E-state index contributed by atoms with van der Waals surface area (Å²) < 4.78 is 15.8. The SMILES string of the molecule is O=C1OC(c2ccccc2Cl)=N/C1=C/c1ccc2c(c1)OCO2. The van der Waals surface area contributed by atoms with E-state index in [0.717, 1.165) is 5.56 Å². The predicted octanol–water partition coefficient (Wildman–Crippen LogP) is 3.41. The molecule has 2 aliphatic heterocycles. The molecule has 0 atom stereocenters. The number of nitrogens with zero attached hydrogens (tertiary/aromatic N) is 1. The van der Waals surface area contributed by atoms with Crippen molar-refractivity contribution in [1.29, 1.82) is 0 Å². The molecule has 0 N–H and O–H groups in total. The van der Waals surface area contributed by atoms with Gasteiger partial charge in [-0.25, -0.2) is 9.79 Å². The molecular formula is C17H10ClNO4. The Bertz CT molecular complexity index is 873. The summed E-state index contributed by atoms with van der Waals surface area (Å²) in [5.41, 5.74) is 1.56. The highest BCUT2D eigenvalue weighted by Crippen LogP contribution is 2.33. The number of esters is 1. The molecule has 4 rings (SSSR count). The molecule has 0 saturated heterocycles. The van der Waals surface area contributed by atoms with E-state index in [0.29, 0.717) is 22.1 Å². The number of hydrogen-bond donors (Lipinski definition) is 0. The van der Waals surface area contributed by atoms with E-state index in [1.807, 2.05) is 6.07 Å². The number of ether oxygens (including phenoxy) is 3. The van der Waals surface area contributed by atoms with Gasteiger partial charge < -0.3 is 14.2 Å². The zero-order valence-corrected chi connectivity index (χ0v) is 12.5. The van der Waals surface area contributed by atoms with Crippen molar-refractivity contribution in [3.63, 3.8) is 0 Å². The molecule has 2 aromatic carbocycles. The second kappa shape index (κ2) is 5.44. The number of hydrogen-bond acceptors (Lipinski definition) is 5. The van der Waals surface area contributed by atoms with Crippen molar-refractivity contribution in [2.24, 2.45) is 4.99 Å². The van der Waals surface area contributed by atoms with Crippen molar-refractivity contribution in [3.05, 3.63) is 64.3 Å². The van der Waals surface area contributed by atoms with Crippen molar-refractivity contribution in [1.82, 2.24) is 0 Å². The lowest BCUT2D eigenvalue weighted by Gasteiger charge is -2.00. The third kappa shape index (κ3) is 2.55. The highest BCUT2D eigenvalue weighted by Gasteiger charge is 2.25. The van der Waals surface area contributed by atoms with Crippen LogP contribution in [0, 0.1) is 0 Å². The summed E-state index contributed by atoms with van der Waals surface area (Å²) in [6, 6.07) is 12.4. The van der Waals surface area contributed by atoms with Crippen molar-refractivity contribution >= 4 is 29.5 Å². The van der Waals surface area contributed by atoms with Crippen LogP contribution < -0.4 is 9.47 Å². The molecule has 0 aromatic heterocycles. The van der Waals surface area contributed by atoms with Crippen LogP contribution in [0.25, 0.3) is 6.08 Å². The number of fused-ring (bicyclic) bond motifs is 1. The monoisotopic (exact) mass is 327 g/mol. The molecule has 23 heavy (non-hydrogen) atoms. The highest BCUT2D eigenvalue weighted by molar-refractivity contribution is 6.34. The lowest BCUT2D eigenvalue weighted by Crippen LogP contribution is -2.05. The van der Waals surface area contributed by atoms with Crippen LogP contribution in [0.2, 0.25) is 5.02 Å². The van der Waals surface area contributed by atoms with E-state index in [9.17, 15) is 4.79 Å². The number of benzene rings is 2. The highest BCUT2D eigenvalue weighted by atomic mass is 35.5. The van der Waals surface area contributed by atoms with Crippen LogP contribution in [0.1, 0.15) is 11.1 Å². The lowest BCUT2D eigenvalue weighted by atomic mass is 10.1. The normalized spacial score (nSPS) is 17.3. The third-order valence-electron chi connectivity index (χ3n) is 3.42. The van der Waals surface area contributed by atoms with Gasteiger partial charge in [0.05, 0.1) is 10.6 Å². The molecule has 0 saturated carbocycles. The smallest absolute Gasteiger partial charge is 0.363 e. The number of halogens is 1. The van der Waals surface area contributed by atoms with Gasteiger partial charge in [-0.15, -0.1) is 0 Å². The van der Waals surface area contributed by atoms with Crippen LogP contribution >= 0.6 is 11.6 Å². The molecule has 2 aromatic rings. The molecule has 0 aliphatic carbocycles. The number of carbonyl (C=O) groups excluding carboxylic acids is 1. The minimum atomic E-state index is -0.516. The Hall–Kier alpha value is -2.79. The van der Waals surface area contributed by atoms with Gasteiger partial charge in [-0.3, -0.25) is 0 Å². The minimum Gasteiger partial charge on any atom is -0.454 e. The van der Waals surface area contributed by atoms with E-state index < -0.39 is 5.97 Å². The van der Waals surface area contributed by atoms with Crippen LogP contribution in [-0.2, 0) is 9.53 Å². The quantitative estimate of drug-likeness (QED) is 0.626. The van der Waals surface area contributed by atoms with Gasteiger partial charge in [0.1, 0.15) is 0 Å². The van der Waals surface area contributed by atoms with Crippen LogP contribution in [0.4, 0.5) is 0 Å². The molecule has 0 bridgehead atoms. The standard InChI is InChI=1S/C17H10ClNO4/c18-12-4-2-1-3-11(12)16-19-13(17(20)23-16)7-10-5-6-14-15(8-10)22-9-21-14/h1-8H,9H2/b13-7+. The fourth-order valence-corrected chi connectivity index (χ4v) is 2.54. The number of carbonyl (C=O) groups is 1. The molecule has 0 spiro atoms. The Balaban J connectivity index is 1.69. The summed E-state index contributed by atoms with van der Waals surface area (Å²) in [5.74, 6) is 1.01.